The lowest BCUT2D eigenvalue weighted by atomic mass is 10.0. The molecule has 0 saturated carbocycles. The van der Waals surface area contributed by atoms with E-state index in [4.69, 9.17) is 5.11 Å². The number of hydrogen-bond donors (Lipinski definition) is 2. The second-order valence-corrected chi connectivity index (χ2v) is 5.22. The smallest absolute Gasteiger partial charge is 0.317 e. The van der Waals surface area contributed by atoms with Crippen molar-refractivity contribution in [2.75, 3.05) is 33.7 Å². The molecule has 0 aliphatic heterocycles. The Bertz CT molecular complexity index is 358. The molecule has 0 saturated heterocycles. The van der Waals surface area contributed by atoms with Crippen molar-refractivity contribution in [3.63, 3.8) is 0 Å². The average molecular weight is 301 g/mol. The van der Waals surface area contributed by atoms with E-state index >= 15 is 0 Å². The summed E-state index contributed by atoms with van der Waals surface area (Å²) >= 11 is 0. The maximum atomic E-state index is 12.1. The topological polar surface area (TPSA) is 90.0 Å². The lowest BCUT2D eigenvalue weighted by Gasteiger charge is -2.24. The molecule has 3 amide bonds. The van der Waals surface area contributed by atoms with Crippen LogP contribution in [0, 0.1) is 5.92 Å². The molecule has 0 aromatic carbocycles. The van der Waals surface area contributed by atoms with Gasteiger partial charge in [0.2, 0.25) is 5.91 Å². The first-order chi connectivity index (χ1) is 9.83. The van der Waals surface area contributed by atoms with E-state index in [1.807, 2.05) is 13.8 Å². The molecular formula is C14H27N3O4. The minimum absolute atomic E-state index is 0.00180. The zero-order valence-corrected chi connectivity index (χ0v) is 13.4. The second kappa shape index (κ2) is 10.0. The molecule has 0 aromatic rings. The molecule has 1 atom stereocenters. The highest BCUT2D eigenvalue weighted by molar-refractivity contribution is 5.84. The van der Waals surface area contributed by atoms with Crippen molar-refractivity contribution in [2.45, 2.75) is 33.1 Å². The van der Waals surface area contributed by atoms with Gasteiger partial charge in [0.05, 0.1) is 5.92 Å². The molecule has 0 bridgehead atoms. The van der Waals surface area contributed by atoms with E-state index in [0.29, 0.717) is 13.0 Å². The van der Waals surface area contributed by atoms with Gasteiger partial charge in [0.25, 0.3) is 0 Å². The Hall–Kier alpha value is -1.79. The summed E-state index contributed by atoms with van der Waals surface area (Å²) < 4.78 is 0. The molecule has 0 aliphatic carbocycles. The van der Waals surface area contributed by atoms with Gasteiger partial charge in [0, 0.05) is 27.2 Å². The summed E-state index contributed by atoms with van der Waals surface area (Å²) in [5.74, 6) is -1.67. The summed E-state index contributed by atoms with van der Waals surface area (Å²) in [7, 11) is 3.26. The maximum Gasteiger partial charge on any atom is 0.317 e. The minimum atomic E-state index is -0.913. The number of likely N-dealkylation sites (N-methyl/N-ethyl adjacent to an activating group) is 1. The lowest BCUT2D eigenvalue weighted by molar-refractivity contribution is -0.141. The van der Waals surface area contributed by atoms with Crippen molar-refractivity contribution in [3.8, 4) is 0 Å². The highest BCUT2D eigenvalue weighted by atomic mass is 16.4. The van der Waals surface area contributed by atoms with Crippen LogP contribution >= 0.6 is 0 Å². The fourth-order valence-corrected chi connectivity index (χ4v) is 1.81. The van der Waals surface area contributed by atoms with Crippen LogP contribution in [0.5, 0.6) is 0 Å². The molecule has 7 heteroatoms. The number of urea groups is 1. The largest absolute Gasteiger partial charge is 0.481 e. The van der Waals surface area contributed by atoms with Crippen LogP contribution in [0.25, 0.3) is 0 Å². The standard InChI is InChI=1S/C14H27N3O4/c1-5-7-11(13(19)20)9-15-14(21)17(8-6-2)10-12(18)16(3)4/h11H,5-10H2,1-4H3,(H,15,21)(H,19,20). The van der Waals surface area contributed by atoms with Gasteiger partial charge in [-0.2, -0.15) is 0 Å². The zero-order chi connectivity index (χ0) is 16.4. The Morgan fingerprint density at radius 3 is 2.19 bits per heavy atom. The molecule has 0 radical (unpaired) electrons. The molecule has 0 aromatic heterocycles. The number of rotatable bonds is 9. The van der Waals surface area contributed by atoms with Crippen LogP contribution in [-0.4, -0.2) is 66.5 Å². The van der Waals surface area contributed by atoms with Gasteiger partial charge in [-0.25, -0.2) is 4.79 Å². The molecule has 2 N–H and O–H groups in total. The first-order valence-electron chi connectivity index (χ1n) is 7.29. The molecule has 0 rings (SSSR count). The van der Waals surface area contributed by atoms with Gasteiger partial charge in [-0.05, 0) is 12.8 Å². The van der Waals surface area contributed by atoms with Gasteiger partial charge in [-0.15, -0.1) is 0 Å². The molecule has 21 heavy (non-hydrogen) atoms. The number of nitrogens with one attached hydrogen (secondary N) is 1. The summed E-state index contributed by atoms with van der Waals surface area (Å²) in [6, 6.07) is -0.394. The maximum absolute atomic E-state index is 12.1. The van der Waals surface area contributed by atoms with Gasteiger partial charge in [-0.1, -0.05) is 20.3 Å². The molecule has 7 nitrogen and oxygen atoms in total. The summed E-state index contributed by atoms with van der Waals surface area (Å²) in [6.07, 6.45) is 1.98. The molecule has 0 spiro atoms. The molecular weight excluding hydrogens is 274 g/mol. The fourth-order valence-electron chi connectivity index (χ4n) is 1.81. The van der Waals surface area contributed by atoms with E-state index in [1.165, 1.54) is 9.80 Å². The number of hydrogen-bond acceptors (Lipinski definition) is 3. The van der Waals surface area contributed by atoms with Crippen LogP contribution in [0.15, 0.2) is 0 Å². The van der Waals surface area contributed by atoms with Crippen molar-refractivity contribution in [2.24, 2.45) is 5.92 Å². The molecule has 1 unspecified atom stereocenters. The summed E-state index contributed by atoms with van der Waals surface area (Å²) in [6.45, 7) is 4.35. The van der Waals surface area contributed by atoms with E-state index < -0.39 is 17.9 Å². The first kappa shape index (κ1) is 19.2. The average Bonchev–Trinajstić information content (AvgIpc) is 2.41. The second-order valence-electron chi connectivity index (χ2n) is 5.22. The third-order valence-corrected chi connectivity index (χ3v) is 3.09. The number of carbonyl (C=O) groups excluding carboxylic acids is 2. The third kappa shape index (κ3) is 7.53. The van der Waals surface area contributed by atoms with Crippen molar-refractivity contribution in [1.82, 2.24) is 15.1 Å². The van der Waals surface area contributed by atoms with Gasteiger partial charge in [0.1, 0.15) is 6.54 Å². The lowest BCUT2D eigenvalue weighted by Crippen LogP contribution is -2.47. The Morgan fingerprint density at radius 2 is 1.76 bits per heavy atom. The third-order valence-electron chi connectivity index (χ3n) is 3.09. The van der Waals surface area contributed by atoms with Crippen molar-refractivity contribution in [3.05, 3.63) is 0 Å². The van der Waals surface area contributed by atoms with E-state index in [-0.39, 0.29) is 19.0 Å². The Morgan fingerprint density at radius 1 is 1.14 bits per heavy atom. The monoisotopic (exact) mass is 301 g/mol. The summed E-state index contributed by atoms with van der Waals surface area (Å²) in [5.41, 5.74) is 0. The van der Waals surface area contributed by atoms with Crippen LogP contribution in [0.1, 0.15) is 33.1 Å². The van der Waals surface area contributed by atoms with Gasteiger partial charge in [0.15, 0.2) is 0 Å². The molecule has 0 heterocycles. The van der Waals surface area contributed by atoms with E-state index in [9.17, 15) is 14.4 Å². The van der Waals surface area contributed by atoms with Crippen LogP contribution < -0.4 is 5.32 Å². The van der Waals surface area contributed by atoms with E-state index in [0.717, 1.165) is 12.8 Å². The van der Waals surface area contributed by atoms with Crippen LogP contribution in [0.3, 0.4) is 0 Å². The molecule has 0 aliphatic rings. The number of nitrogens with zero attached hydrogens (tertiary/aromatic N) is 2. The predicted octanol–water partition coefficient (Wildman–Crippen LogP) is 0.997. The number of aliphatic carboxylic acids is 1. The van der Waals surface area contributed by atoms with Gasteiger partial charge >= 0.3 is 12.0 Å². The van der Waals surface area contributed by atoms with Crippen molar-refractivity contribution >= 4 is 17.9 Å². The van der Waals surface area contributed by atoms with Gasteiger partial charge in [-0.3, -0.25) is 9.59 Å². The van der Waals surface area contributed by atoms with Crippen LogP contribution in [0.2, 0.25) is 0 Å². The molecule has 122 valence electrons. The zero-order valence-electron chi connectivity index (χ0n) is 13.4. The number of carbonyl (C=O) groups is 3. The molecule has 0 fully saturated rings. The highest BCUT2D eigenvalue weighted by Crippen LogP contribution is 2.05. The van der Waals surface area contributed by atoms with Crippen LogP contribution in [-0.2, 0) is 9.59 Å². The van der Waals surface area contributed by atoms with Crippen molar-refractivity contribution in [1.29, 1.82) is 0 Å². The summed E-state index contributed by atoms with van der Waals surface area (Å²) in [5, 5.41) is 11.7. The van der Waals surface area contributed by atoms with Gasteiger partial charge < -0.3 is 20.2 Å². The number of amides is 3. The van der Waals surface area contributed by atoms with Crippen molar-refractivity contribution < 1.29 is 19.5 Å². The predicted molar refractivity (Wildman–Crippen MR) is 80.0 cm³/mol. The summed E-state index contributed by atoms with van der Waals surface area (Å²) in [4.78, 5) is 37.6. The Kier molecular flexibility index (Phi) is 9.16. The first-order valence-corrected chi connectivity index (χ1v) is 7.29. The minimum Gasteiger partial charge on any atom is -0.481 e. The Balaban J connectivity index is 4.53. The Labute approximate surface area is 126 Å². The van der Waals surface area contributed by atoms with Crippen LogP contribution in [0.4, 0.5) is 4.79 Å². The highest BCUT2D eigenvalue weighted by Gasteiger charge is 2.21. The fraction of sp³-hybridized carbons (Fsp3) is 0.786. The number of carboxylic acid groups (broad SMARTS) is 1. The normalized spacial score (nSPS) is 11.6. The van der Waals surface area contributed by atoms with E-state index in [1.54, 1.807) is 14.1 Å². The number of carboxylic acids is 1. The quantitative estimate of drug-likeness (QED) is 0.665. The SMILES string of the molecule is CCCC(CNC(=O)N(CCC)CC(=O)N(C)C)C(=O)O. The van der Waals surface area contributed by atoms with E-state index in [2.05, 4.69) is 5.32 Å².